The molecule has 0 unspecified atom stereocenters. The highest BCUT2D eigenvalue weighted by molar-refractivity contribution is 5.94. The van der Waals surface area contributed by atoms with Gasteiger partial charge in [0.15, 0.2) is 0 Å². The van der Waals surface area contributed by atoms with Crippen LogP contribution >= 0.6 is 0 Å². The molecule has 2 heterocycles. The monoisotopic (exact) mass is 425 g/mol. The minimum atomic E-state index is -4.76. The second-order valence-electron chi connectivity index (χ2n) is 8.29. The van der Waals surface area contributed by atoms with Crippen LogP contribution in [0.2, 0.25) is 0 Å². The maximum Gasteiger partial charge on any atom is 0.573 e. The quantitative estimate of drug-likeness (QED) is 0.728. The molecular weight excluding hydrogens is 399 g/mol. The molecule has 30 heavy (non-hydrogen) atoms. The maximum absolute atomic E-state index is 12.8. The van der Waals surface area contributed by atoms with Gasteiger partial charge >= 0.3 is 6.36 Å². The number of carbonyl (C=O) groups is 2. The number of benzene rings is 1. The van der Waals surface area contributed by atoms with Crippen LogP contribution in [0.4, 0.5) is 13.2 Å². The Kier molecular flexibility index (Phi) is 5.90. The Hall–Kier alpha value is -2.29. The van der Waals surface area contributed by atoms with E-state index < -0.39 is 6.36 Å². The molecule has 2 aliphatic heterocycles. The summed E-state index contributed by atoms with van der Waals surface area (Å²) < 4.78 is 40.7. The number of likely N-dealkylation sites (tertiary alicyclic amines) is 1. The van der Waals surface area contributed by atoms with Gasteiger partial charge in [0.25, 0.3) is 5.91 Å². The fourth-order valence-corrected chi connectivity index (χ4v) is 4.29. The van der Waals surface area contributed by atoms with Crippen LogP contribution in [0.25, 0.3) is 0 Å². The summed E-state index contributed by atoms with van der Waals surface area (Å²) >= 11 is 0. The molecule has 6 nitrogen and oxygen atoms in total. The molecule has 1 aromatic carbocycles. The number of hydrogen-bond donors (Lipinski definition) is 0. The minimum absolute atomic E-state index is 0.0994. The Labute approximate surface area is 173 Å². The molecule has 3 aliphatic rings. The third-order valence-electron chi connectivity index (χ3n) is 6.04. The third-order valence-corrected chi connectivity index (χ3v) is 6.04. The van der Waals surface area contributed by atoms with Gasteiger partial charge in [-0.1, -0.05) is 0 Å². The van der Waals surface area contributed by atoms with Crippen LogP contribution in [0.15, 0.2) is 24.3 Å². The molecule has 9 heteroatoms. The first-order valence-corrected chi connectivity index (χ1v) is 10.5. The van der Waals surface area contributed by atoms with Crippen molar-refractivity contribution in [3.63, 3.8) is 0 Å². The minimum Gasteiger partial charge on any atom is -0.406 e. The normalized spacial score (nSPS) is 23.6. The molecule has 4 rings (SSSR count). The smallest absolute Gasteiger partial charge is 0.406 e. The van der Waals surface area contributed by atoms with Crippen LogP contribution in [0.3, 0.4) is 0 Å². The fourth-order valence-electron chi connectivity index (χ4n) is 4.29. The number of ether oxygens (including phenoxy) is 1. The molecule has 1 aliphatic carbocycles. The first-order chi connectivity index (χ1) is 14.3. The Morgan fingerprint density at radius 1 is 1.00 bits per heavy atom. The van der Waals surface area contributed by atoms with E-state index in [1.807, 2.05) is 4.90 Å². The Morgan fingerprint density at radius 3 is 2.40 bits per heavy atom. The van der Waals surface area contributed by atoms with E-state index in [9.17, 15) is 22.8 Å². The lowest BCUT2D eigenvalue weighted by Gasteiger charge is -2.26. The van der Waals surface area contributed by atoms with Crippen molar-refractivity contribution in [3.8, 4) is 5.75 Å². The first-order valence-electron chi connectivity index (χ1n) is 10.5. The van der Waals surface area contributed by atoms with Crippen molar-refractivity contribution in [2.75, 3.05) is 39.3 Å². The van der Waals surface area contributed by atoms with Crippen LogP contribution in [0, 0.1) is 5.92 Å². The molecule has 1 aromatic rings. The van der Waals surface area contributed by atoms with Gasteiger partial charge in [-0.25, -0.2) is 0 Å². The zero-order chi connectivity index (χ0) is 21.3. The van der Waals surface area contributed by atoms with Crippen LogP contribution in [-0.2, 0) is 4.79 Å². The molecule has 1 saturated carbocycles. The average Bonchev–Trinajstić information content (AvgIpc) is 3.48. The Balaban J connectivity index is 1.32. The lowest BCUT2D eigenvalue weighted by molar-refractivity contribution is -0.274. The summed E-state index contributed by atoms with van der Waals surface area (Å²) in [5.41, 5.74) is 0.325. The molecule has 0 bridgehead atoms. The number of carbonyl (C=O) groups excluding carboxylic acids is 2. The van der Waals surface area contributed by atoms with E-state index in [-0.39, 0.29) is 23.6 Å². The third kappa shape index (κ3) is 5.06. The summed E-state index contributed by atoms with van der Waals surface area (Å²) in [6.45, 7) is 4.12. The molecule has 0 spiro atoms. The van der Waals surface area contributed by atoms with E-state index in [0.717, 1.165) is 44.6 Å². The van der Waals surface area contributed by atoms with Crippen molar-refractivity contribution in [1.82, 2.24) is 14.7 Å². The Bertz CT molecular complexity index is 780. The lowest BCUT2D eigenvalue weighted by atomic mass is 10.2. The van der Waals surface area contributed by atoms with Crippen molar-refractivity contribution in [2.24, 2.45) is 5.92 Å². The van der Waals surface area contributed by atoms with Crippen molar-refractivity contribution >= 4 is 11.8 Å². The molecule has 0 N–H and O–H groups in total. The SMILES string of the molecule is O=C(c1ccc(OC(F)(F)F)cc1)N1CCCN([C@@H]2CCN(CC3CC3)C2=O)CC1. The predicted octanol–water partition coefficient (Wildman–Crippen LogP) is 2.74. The molecule has 2 amide bonds. The summed E-state index contributed by atoms with van der Waals surface area (Å²) in [6, 6.07) is 4.90. The van der Waals surface area contributed by atoms with E-state index in [0.29, 0.717) is 31.1 Å². The summed E-state index contributed by atoms with van der Waals surface area (Å²) in [6.07, 6.45) is -0.726. The fraction of sp³-hybridized carbons (Fsp3) is 0.619. The van der Waals surface area contributed by atoms with Gasteiger partial charge in [0.05, 0.1) is 6.04 Å². The van der Waals surface area contributed by atoms with Gasteiger partial charge in [-0.05, 0) is 55.9 Å². The lowest BCUT2D eigenvalue weighted by Crippen LogP contribution is -2.44. The number of rotatable bonds is 5. The highest BCUT2D eigenvalue weighted by Gasteiger charge is 2.39. The highest BCUT2D eigenvalue weighted by Crippen LogP contribution is 2.32. The van der Waals surface area contributed by atoms with Gasteiger partial charge in [-0.15, -0.1) is 13.2 Å². The van der Waals surface area contributed by atoms with Crippen molar-refractivity contribution in [1.29, 1.82) is 0 Å². The first kappa shape index (κ1) is 21.0. The molecule has 0 aromatic heterocycles. The van der Waals surface area contributed by atoms with Gasteiger partial charge in [0.1, 0.15) is 5.75 Å². The number of alkyl halides is 3. The molecule has 2 saturated heterocycles. The van der Waals surface area contributed by atoms with Crippen molar-refractivity contribution in [2.45, 2.75) is 38.1 Å². The summed E-state index contributed by atoms with van der Waals surface area (Å²) in [7, 11) is 0. The van der Waals surface area contributed by atoms with E-state index in [2.05, 4.69) is 9.64 Å². The Morgan fingerprint density at radius 2 is 1.73 bits per heavy atom. The van der Waals surface area contributed by atoms with Crippen LogP contribution in [0.1, 0.15) is 36.0 Å². The van der Waals surface area contributed by atoms with E-state index >= 15 is 0 Å². The maximum atomic E-state index is 12.8. The van der Waals surface area contributed by atoms with Crippen molar-refractivity contribution < 1.29 is 27.5 Å². The molecule has 0 radical (unpaired) electrons. The van der Waals surface area contributed by atoms with E-state index in [1.54, 1.807) is 4.90 Å². The van der Waals surface area contributed by atoms with E-state index in [1.165, 1.54) is 25.0 Å². The van der Waals surface area contributed by atoms with Gasteiger partial charge in [-0.3, -0.25) is 14.5 Å². The molecule has 164 valence electrons. The number of halogens is 3. The van der Waals surface area contributed by atoms with Gasteiger partial charge < -0.3 is 14.5 Å². The van der Waals surface area contributed by atoms with Crippen molar-refractivity contribution in [3.05, 3.63) is 29.8 Å². The highest BCUT2D eigenvalue weighted by atomic mass is 19.4. The number of nitrogens with zero attached hydrogens (tertiary/aromatic N) is 3. The van der Waals surface area contributed by atoms with Gasteiger partial charge in [0, 0.05) is 44.8 Å². The molecule has 1 atom stereocenters. The second-order valence-corrected chi connectivity index (χ2v) is 8.29. The zero-order valence-corrected chi connectivity index (χ0v) is 16.7. The van der Waals surface area contributed by atoms with Crippen LogP contribution in [0.5, 0.6) is 5.75 Å². The van der Waals surface area contributed by atoms with Gasteiger partial charge in [-0.2, -0.15) is 0 Å². The number of hydrogen-bond acceptors (Lipinski definition) is 4. The van der Waals surface area contributed by atoms with Crippen LogP contribution < -0.4 is 4.74 Å². The predicted molar refractivity (Wildman–Crippen MR) is 103 cm³/mol. The largest absolute Gasteiger partial charge is 0.573 e. The molecular formula is C21H26F3N3O3. The standard InChI is InChI=1S/C21H26F3N3O3/c22-21(23,24)30-17-6-4-16(5-7-17)19(28)26-10-1-9-25(12-13-26)18-8-11-27(20(18)29)14-15-2-3-15/h4-7,15,18H,1-3,8-14H2/t18-/m1/s1. The summed E-state index contributed by atoms with van der Waals surface area (Å²) in [4.78, 5) is 31.4. The van der Waals surface area contributed by atoms with Gasteiger partial charge in [0.2, 0.25) is 5.91 Å². The average molecular weight is 425 g/mol. The van der Waals surface area contributed by atoms with E-state index in [4.69, 9.17) is 0 Å². The summed E-state index contributed by atoms with van der Waals surface area (Å²) in [5.74, 6) is 0.319. The van der Waals surface area contributed by atoms with Crippen LogP contribution in [-0.4, -0.2) is 78.2 Å². The zero-order valence-electron chi connectivity index (χ0n) is 16.7. The summed E-state index contributed by atoms with van der Waals surface area (Å²) in [5, 5.41) is 0. The second kappa shape index (κ2) is 8.45. The topological polar surface area (TPSA) is 53.1 Å². The number of amides is 2. The molecule has 3 fully saturated rings.